The van der Waals surface area contributed by atoms with Gasteiger partial charge in [-0.25, -0.2) is 0 Å². The number of amides is 1. The van der Waals surface area contributed by atoms with Crippen LogP contribution in [-0.2, 0) is 6.42 Å². The maximum Gasteiger partial charge on any atom is 0.268 e. The van der Waals surface area contributed by atoms with E-state index in [0.717, 1.165) is 5.56 Å². The molecule has 0 saturated carbocycles. The number of hydrogen-bond donors (Lipinski definition) is 1. The van der Waals surface area contributed by atoms with Crippen molar-refractivity contribution in [2.45, 2.75) is 53.5 Å². The van der Waals surface area contributed by atoms with Crippen LogP contribution < -0.4 is 10.9 Å². The number of nitrogens with zero attached hydrogens (tertiary/aromatic N) is 1. The number of hydrogen-bond acceptors (Lipinski definition) is 3. The minimum absolute atomic E-state index is 0.0103. The second-order valence-corrected chi connectivity index (χ2v) is 8.46. The van der Waals surface area contributed by atoms with Crippen LogP contribution in [0.25, 0.3) is 5.69 Å². The van der Waals surface area contributed by atoms with Crippen LogP contribution in [0.1, 0.15) is 66.1 Å². The second kappa shape index (κ2) is 6.80. The minimum atomic E-state index is -0.448. The summed E-state index contributed by atoms with van der Waals surface area (Å²) in [5, 5.41) is 2.76. The number of aryl methyl sites for hydroxylation is 1. The third-order valence-corrected chi connectivity index (χ3v) is 4.85. The lowest BCUT2D eigenvalue weighted by atomic mass is 9.75. The fourth-order valence-corrected chi connectivity index (χ4v) is 3.58. The van der Waals surface area contributed by atoms with Gasteiger partial charge in [-0.1, -0.05) is 31.5 Å². The molecule has 0 aliphatic heterocycles. The molecule has 1 amide bonds. The molecule has 2 aromatic rings. The van der Waals surface area contributed by atoms with Gasteiger partial charge in [-0.2, -0.15) is 0 Å². The highest BCUT2D eigenvalue weighted by Crippen LogP contribution is 2.35. The summed E-state index contributed by atoms with van der Waals surface area (Å²) in [5.41, 5.74) is 2.30. The van der Waals surface area contributed by atoms with E-state index in [1.807, 2.05) is 58.9 Å². The van der Waals surface area contributed by atoms with Gasteiger partial charge in [0.15, 0.2) is 5.78 Å². The lowest BCUT2D eigenvalue weighted by Crippen LogP contribution is -2.40. The molecule has 1 aromatic carbocycles. The Morgan fingerprint density at radius 3 is 2.33 bits per heavy atom. The quantitative estimate of drug-likeness (QED) is 0.905. The first-order valence-corrected chi connectivity index (χ1v) is 9.29. The number of aromatic nitrogens is 1. The Labute approximate surface area is 159 Å². The molecule has 5 heteroatoms. The molecule has 0 bridgehead atoms. The molecule has 0 fully saturated rings. The molecule has 142 valence electrons. The molecule has 0 saturated heterocycles. The zero-order chi connectivity index (χ0) is 19.9. The van der Waals surface area contributed by atoms with Crippen LogP contribution in [0, 0.1) is 12.3 Å². The van der Waals surface area contributed by atoms with Crippen molar-refractivity contribution in [3.8, 4) is 5.69 Å². The smallest absolute Gasteiger partial charge is 0.268 e. The molecule has 1 heterocycles. The van der Waals surface area contributed by atoms with Crippen molar-refractivity contribution in [2.24, 2.45) is 5.41 Å². The monoisotopic (exact) mass is 366 g/mol. The van der Waals surface area contributed by atoms with E-state index in [2.05, 4.69) is 5.32 Å². The first kappa shape index (κ1) is 19.1. The number of Topliss-reactive ketones (excluding diaryl/α,β-unsaturated/α-hetero) is 1. The lowest BCUT2D eigenvalue weighted by Gasteiger charge is -2.32. The van der Waals surface area contributed by atoms with Gasteiger partial charge in [0.1, 0.15) is 5.56 Å². The number of benzene rings is 1. The molecule has 5 nitrogen and oxygen atoms in total. The van der Waals surface area contributed by atoms with E-state index in [9.17, 15) is 14.4 Å². The zero-order valence-corrected chi connectivity index (χ0v) is 16.6. The third-order valence-electron chi connectivity index (χ3n) is 4.85. The zero-order valence-electron chi connectivity index (χ0n) is 16.6. The molecule has 3 rings (SSSR count). The highest BCUT2D eigenvalue weighted by molar-refractivity contribution is 6.02. The Balaban J connectivity index is 2.30. The van der Waals surface area contributed by atoms with Crippen molar-refractivity contribution in [2.75, 3.05) is 0 Å². The van der Waals surface area contributed by atoms with Crippen LogP contribution in [0.4, 0.5) is 0 Å². The Hall–Kier alpha value is -2.69. The Morgan fingerprint density at radius 2 is 1.74 bits per heavy atom. The topological polar surface area (TPSA) is 68.2 Å². The first-order valence-electron chi connectivity index (χ1n) is 9.29. The van der Waals surface area contributed by atoms with Crippen molar-refractivity contribution < 1.29 is 9.59 Å². The van der Waals surface area contributed by atoms with Gasteiger partial charge in [0.25, 0.3) is 11.5 Å². The largest absolute Gasteiger partial charge is 0.350 e. The standard InChI is InChI=1S/C22H26N2O3/c1-13(2)23-20(26)17-10-16-18(11-22(4,5)12-19(16)25)24(21(17)27)15-8-6-14(3)7-9-15/h6-10,13H,11-12H2,1-5H3,(H,23,26). The van der Waals surface area contributed by atoms with Crippen molar-refractivity contribution >= 4 is 11.7 Å². The summed E-state index contributed by atoms with van der Waals surface area (Å²) in [6, 6.07) is 8.93. The molecule has 1 N–H and O–H groups in total. The van der Waals surface area contributed by atoms with Gasteiger partial charge in [-0.3, -0.25) is 19.0 Å². The molecular formula is C22H26N2O3. The third kappa shape index (κ3) is 3.72. The van der Waals surface area contributed by atoms with Gasteiger partial charge in [0, 0.05) is 29.4 Å². The van der Waals surface area contributed by atoms with Crippen LogP contribution in [0.2, 0.25) is 0 Å². The van der Waals surface area contributed by atoms with Gasteiger partial charge >= 0.3 is 0 Å². The summed E-state index contributed by atoms with van der Waals surface area (Å²) < 4.78 is 1.54. The van der Waals surface area contributed by atoms with Crippen molar-refractivity contribution in [1.82, 2.24) is 9.88 Å². The molecule has 27 heavy (non-hydrogen) atoms. The van der Waals surface area contributed by atoms with Gasteiger partial charge in [-0.05, 0) is 50.8 Å². The molecule has 0 unspecified atom stereocenters. The predicted octanol–water partition coefficient (Wildman–Crippen LogP) is 3.44. The van der Waals surface area contributed by atoms with Crippen molar-refractivity contribution in [3.05, 3.63) is 63.1 Å². The molecule has 1 aromatic heterocycles. The first-order chi connectivity index (χ1) is 12.6. The highest BCUT2D eigenvalue weighted by atomic mass is 16.2. The summed E-state index contributed by atoms with van der Waals surface area (Å²) in [6.07, 6.45) is 1.00. The number of fused-ring (bicyclic) bond motifs is 1. The Bertz CT molecular complexity index is 966. The number of pyridine rings is 1. The lowest BCUT2D eigenvalue weighted by molar-refractivity contribution is 0.0908. The average molecular weight is 366 g/mol. The summed E-state index contributed by atoms with van der Waals surface area (Å²) in [6.45, 7) is 9.69. The fraction of sp³-hybridized carbons (Fsp3) is 0.409. The molecule has 1 aliphatic carbocycles. The molecule has 0 atom stereocenters. The Kier molecular flexibility index (Phi) is 4.81. The van der Waals surface area contributed by atoms with E-state index in [0.29, 0.717) is 29.8 Å². The van der Waals surface area contributed by atoms with Gasteiger partial charge in [-0.15, -0.1) is 0 Å². The number of carbonyl (C=O) groups excluding carboxylic acids is 2. The van der Waals surface area contributed by atoms with E-state index in [-0.39, 0.29) is 28.4 Å². The molecular weight excluding hydrogens is 340 g/mol. The summed E-state index contributed by atoms with van der Waals surface area (Å²) in [5.74, 6) is -0.475. The Morgan fingerprint density at radius 1 is 1.11 bits per heavy atom. The number of nitrogens with one attached hydrogen (secondary N) is 1. The maximum absolute atomic E-state index is 13.3. The summed E-state index contributed by atoms with van der Waals surface area (Å²) in [7, 11) is 0. The minimum Gasteiger partial charge on any atom is -0.350 e. The van der Waals surface area contributed by atoms with E-state index in [1.165, 1.54) is 6.07 Å². The van der Waals surface area contributed by atoms with Crippen LogP contribution in [-0.4, -0.2) is 22.3 Å². The summed E-state index contributed by atoms with van der Waals surface area (Å²) >= 11 is 0. The summed E-state index contributed by atoms with van der Waals surface area (Å²) in [4.78, 5) is 38.7. The van der Waals surface area contributed by atoms with Crippen LogP contribution >= 0.6 is 0 Å². The average Bonchev–Trinajstić information content (AvgIpc) is 2.54. The van der Waals surface area contributed by atoms with E-state index < -0.39 is 5.91 Å². The highest BCUT2D eigenvalue weighted by Gasteiger charge is 2.35. The normalized spacial score (nSPS) is 15.6. The van der Waals surface area contributed by atoms with E-state index >= 15 is 0 Å². The predicted molar refractivity (Wildman–Crippen MR) is 106 cm³/mol. The molecule has 0 radical (unpaired) electrons. The molecule has 1 aliphatic rings. The van der Waals surface area contributed by atoms with E-state index in [1.54, 1.807) is 4.57 Å². The van der Waals surface area contributed by atoms with Crippen LogP contribution in [0.5, 0.6) is 0 Å². The fourth-order valence-electron chi connectivity index (χ4n) is 3.58. The van der Waals surface area contributed by atoms with Crippen LogP contribution in [0.3, 0.4) is 0 Å². The van der Waals surface area contributed by atoms with Gasteiger partial charge in [0.2, 0.25) is 0 Å². The van der Waals surface area contributed by atoms with Crippen molar-refractivity contribution in [3.63, 3.8) is 0 Å². The van der Waals surface area contributed by atoms with Gasteiger partial charge < -0.3 is 5.32 Å². The number of ketones is 1. The second-order valence-electron chi connectivity index (χ2n) is 8.46. The number of rotatable bonds is 3. The number of carbonyl (C=O) groups is 2. The van der Waals surface area contributed by atoms with Crippen molar-refractivity contribution in [1.29, 1.82) is 0 Å². The van der Waals surface area contributed by atoms with Crippen LogP contribution in [0.15, 0.2) is 35.1 Å². The van der Waals surface area contributed by atoms with E-state index in [4.69, 9.17) is 0 Å². The van der Waals surface area contributed by atoms with Gasteiger partial charge in [0.05, 0.1) is 0 Å². The SMILES string of the molecule is Cc1ccc(-n2c3c(cc(C(=O)NC(C)C)c2=O)C(=O)CC(C)(C)C3)cc1. The molecule has 0 spiro atoms. The maximum atomic E-state index is 13.3.